The minimum absolute atomic E-state index is 0.128. The Labute approximate surface area is 93.2 Å². The lowest BCUT2D eigenvalue weighted by atomic mass is 10.3. The lowest BCUT2D eigenvalue weighted by Crippen LogP contribution is -2.21. The molecule has 0 heterocycles. The Morgan fingerprint density at radius 1 is 0.938 bits per heavy atom. The summed E-state index contributed by atoms with van der Waals surface area (Å²) >= 11 is 0. The number of esters is 3. The Balaban J connectivity index is 4.02. The summed E-state index contributed by atoms with van der Waals surface area (Å²) in [5, 5.41) is 0. The van der Waals surface area contributed by atoms with Crippen LogP contribution >= 0.6 is 0 Å². The van der Waals surface area contributed by atoms with Crippen LogP contribution in [0.2, 0.25) is 0 Å². The van der Waals surface area contributed by atoms with Crippen molar-refractivity contribution in [1.29, 1.82) is 0 Å². The van der Waals surface area contributed by atoms with E-state index in [1.807, 2.05) is 0 Å². The van der Waals surface area contributed by atoms with Crippen LogP contribution in [-0.4, -0.2) is 37.7 Å². The van der Waals surface area contributed by atoms with E-state index in [-0.39, 0.29) is 13.2 Å². The summed E-state index contributed by atoms with van der Waals surface area (Å²) in [7, 11) is 0. The molecular weight excluding hydrogens is 216 g/mol. The third-order valence-electron chi connectivity index (χ3n) is 1.39. The predicted octanol–water partition coefficient (Wildman–Crippen LogP) is 0.212. The molecule has 0 atom stereocenters. The molecule has 6 heteroatoms. The van der Waals surface area contributed by atoms with Gasteiger partial charge in [0, 0.05) is 0 Å². The smallest absolute Gasteiger partial charge is 0.345 e. The Morgan fingerprint density at radius 2 is 1.44 bits per heavy atom. The van der Waals surface area contributed by atoms with Gasteiger partial charge in [-0.25, -0.2) is 14.4 Å². The highest BCUT2D eigenvalue weighted by Gasteiger charge is 2.19. The molecule has 0 saturated heterocycles. The number of rotatable bonds is 6. The molecule has 0 fully saturated rings. The van der Waals surface area contributed by atoms with Crippen LogP contribution in [0.1, 0.15) is 13.8 Å². The molecule has 0 N–H and O–H groups in total. The van der Waals surface area contributed by atoms with E-state index >= 15 is 0 Å². The van der Waals surface area contributed by atoms with Crippen LogP contribution < -0.4 is 0 Å². The fourth-order valence-corrected chi connectivity index (χ4v) is 0.716. The minimum Gasteiger partial charge on any atom is -0.463 e. The van der Waals surface area contributed by atoms with E-state index in [9.17, 15) is 14.4 Å². The van der Waals surface area contributed by atoms with Gasteiger partial charge in [-0.3, -0.25) is 0 Å². The van der Waals surface area contributed by atoms with Crippen molar-refractivity contribution in [2.75, 3.05) is 19.8 Å². The third kappa shape index (κ3) is 5.14. The molecule has 0 aromatic rings. The zero-order valence-corrected chi connectivity index (χ0v) is 9.28. The summed E-state index contributed by atoms with van der Waals surface area (Å²) in [4.78, 5) is 33.0. The van der Waals surface area contributed by atoms with E-state index in [0.717, 1.165) is 0 Å². The van der Waals surface area contributed by atoms with Crippen molar-refractivity contribution in [2.45, 2.75) is 13.8 Å². The Hall–Kier alpha value is -1.85. The largest absolute Gasteiger partial charge is 0.463 e. The molecule has 0 radical (unpaired) electrons. The van der Waals surface area contributed by atoms with Gasteiger partial charge in [-0.05, 0) is 13.8 Å². The van der Waals surface area contributed by atoms with Crippen LogP contribution in [0.4, 0.5) is 0 Å². The summed E-state index contributed by atoms with van der Waals surface area (Å²) in [6, 6.07) is 0. The van der Waals surface area contributed by atoms with Crippen LogP contribution in [0.3, 0.4) is 0 Å². The summed E-state index contributed by atoms with van der Waals surface area (Å²) in [5.74, 6) is -2.55. The van der Waals surface area contributed by atoms with E-state index in [4.69, 9.17) is 0 Å². The summed E-state index contributed by atoms with van der Waals surface area (Å²) in [6.07, 6.45) is 0. The fraction of sp³-hybridized carbons (Fsp3) is 0.500. The molecule has 0 saturated carbocycles. The summed E-state index contributed by atoms with van der Waals surface area (Å²) < 4.78 is 13.5. The molecule has 0 aliphatic carbocycles. The number of hydrogen-bond donors (Lipinski definition) is 0. The summed E-state index contributed by atoms with van der Waals surface area (Å²) in [6.45, 7) is 6.18. The molecule has 0 bridgehead atoms. The first-order valence-electron chi connectivity index (χ1n) is 4.71. The van der Waals surface area contributed by atoms with E-state index in [1.54, 1.807) is 13.8 Å². The molecule has 0 spiro atoms. The number of carbonyl (C=O) groups excluding carboxylic acids is 3. The fourth-order valence-electron chi connectivity index (χ4n) is 0.716. The van der Waals surface area contributed by atoms with E-state index in [0.29, 0.717) is 0 Å². The van der Waals surface area contributed by atoms with Crippen molar-refractivity contribution in [1.82, 2.24) is 0 Å². The van der Waals surface area contributed by atoms with Crippen molar-refractivity contribution in [3.05, 3.63) is 12.2 Å². The number of carbonyl (C=O) groups is 3. The first-order chi connectivity index (χ1) is 7.52. The highest BCUT2D eigenvalue weighted by atomic mass is 16.6. The van der Waals surface area contributed by atoms with Crippen molar-refractivity contribution < 1.29 is 28.6 Å². The van der Waals surface area contributed by atoms with Gasteiger partial charge < -0.3 is 14.2 Å². The quantitative estimate of drug-likeness (QED) is 0.213. The molecule has 0 aromatic heterocycles. The van der Waals surface area contributed by atoms with E-state index in [1.165, 1.54) is 0 Å². The van der Waals surface area contributed by atoms with Gasteiger partial charge in [-0.1, -0.05) is 6.58 Å². The zero-order chi connectivity index (χ0) is 12.6. The van der Waals surface area contributed by atoms with Gasteiger partial charge >= 0.3 is 17.9 Å². The molecule has 0 unspecified atom stereocenters. The van der Waals surface area contributed by atoms with E-state index < -0.39 is 30.1 Å². The monoisotopic (exact) mass is 230 g/mol. The van der Waals surface area contributed by atoms with Crippen molar-refractivity contribution >= 4 is 17.9 Å². The SMILES string of the molecule is C=C(C(=O)OCC)C(=O)OCC(=O)OCC. The van der Waals surface area contributed by atoms with Gasteiger partial charge in [0.2, 0.25) is 0 Å². The molecule has 0 aliphatic heterocycles. The van der Waals surface area contributed by atoms with E-state index in [2.05, 4.69) is 20.8 Å². The van der Waals surface area contributed by atoms with Gasteiger partial charge in [0.15, 0.2) is 6.61 Å². The molecule has 0 amide bonds. The highest BCUT2D eigenvalue weighted by molar-refractivity contribution is 6.13. The lowest BCUT2D eigenvalue weighted by Gasteiger charge is -2.05. The van der Waals surface area contributed by atoms with Gasteiger partial charge in [-0.15, -0.1) is 0 Å². The molecule has 0 aliphatic rings. The summed E-state index contributed by atoms with van der Waals surface area (Å²) in [5.41, 5.74) is -0.453. The lowest BCUT2D eigenvalue weighted by molar-refractivity contribution is -0.158. The van der Waals surface area contributed by atoms with Crippen LogP contribution in [0.5, 0.6) is 0 Å². The van der Waals surface area contributed by atoms with Gasteiger partial charge in [0.1, 0.15) is 5.57 Å². The van der Waals surface area contributed by atoms with Crippen molar-refractivity contribution in [3.63, 3.8) is 0 Å². The maximum absolute atomic E-state index is 11.1. The average Bonchev–Trinajstić information content (AvgIpc) is 2.25. The second kappa shape index (κ2) is 7.44. The minimum atomic E-state index is -0.994. The highest BCUT2D eigenvalue weighted by Crippen LogP contribution is 1.98. The van der Waals surface area contributed by atoms with Crippen molar-refractivity contribution in [2.24, 2.45) is 0 Å². The Morgan fingerprint density at radius 3 is 1.94 bits per heavy atom. The molecule has 16 heavy (non-hydrogen) atoms. The number of hydrogen-bond acceptors (Lipinski definition) is 6. The average molecular weight is 230 g/mol. The molecule has 0 aromatic carbocycles. The van der Waals surface area contributed by atoms with Crippen LogP contribution in [0.25, 0.3) is 0 Å². The van der Waals surface area contributed by atoms with Crippen LogP contribution in [0.15, 0.2) is 12.2 Å². The predicted molar refractivity (Wildman–Crippen MR) is 53.4 cm³/mol. The van der Waals surface area contributed by atoms with Gasteiger partial charge in [0.25, 0.3) is 0 Å². The Bertz CT molecular complexity index is 294. The standard InChI is InChI=1S/C10H14O6/c1-4-14-8(11)6-16-10(13)7(3)9(12)15-5-2/h3-6H2,1-2H3. The second-order valence-corrected chi connectivity index (χ2v) is 2.58. The molecule has 0 rings (SSSR count). The topological polar surface area (TPSA) is 78.9 Å². The molecular formula is C10H14O6. The van der Waals surface area contributed by atoms with Gasteiger partial charge in [0.05, 0.1) is 13.2 Å². The Kier molecular flexibility index (Phi) is 6.58. The normalized spacial score (nSPS) is 9.12. The second-order valence-electron chi connectivity index (χ2n) is 2.58. The van der Waals surface area contributed by atoms with Crippen LogP contribution in [-0.2, 0) is 28.6 Å². The molecule has 90 valence electrons. The van der Waals surface area contributed by atoms with Crippen molar-refractivity contribution in [3.8, 4) is 0 Å². The number of ether oxygens (including phenoxy) is 3. The van der Waals surface area contributed by atoms with Gasteiger partial charge in [-0.2, -0.15) is 0 Å². The first-order valence-corrected chi connectivity index (χ1v) is 4.71. The first kappa shape index (κ1) is 14.2. The molecule has 6 nitrogen and oxygen atoms in total. The maximum atomic E-state index is 11.1. The van der Waals surface area contributed by atoms with Crippen LogP contribution in [0, 0.1) is 0 Å². The third-order valence-corrected chi connectivity index (χ3v) is 1.39. The maximum Gasteiger partial charge on any atom is 0.345 e. The zero-order valence-electron chi connectivity index (χ0n) is 9.28.